The second-order valence-corrected chi connectivity index (χ2v) is 4.82. The number of carbonyl (C=O) groups excluding carboxylic acids is 1. The number of para-hydroxylation sites is 1. The van der Waals surface area contributed by atoms with E-state index in [2.05, 4.69) is 0 Å². The molecule has 1 atom stereocenters. The van der Waals surface area contributed by atoms with Gasteiger partial charge in [-0.25, -0.2) is 0 Å². The Labute approximate surface area is 119 Å². The molecule has 4 nitrogen and oxygen atoms in total. The molecule has 1 aromatic carbocycles. The van der Waals surface area contributed by atoms with Crippen molar-refractivity contribution in [1.82, 2.24) is 4.90 Å². The summed E-state index contributed by atoms with van der Waals surface area (Å²) in [4.78, 5) is 14.6. The molecule has 0 aliphatic carbocycles. The Bertz CT molecular complexity index is 463. The van der Waals surface area contributed by atoms with Crippen molar-refractivity contribution < 1.29 is 9.53 Å². The number of thiocarbonyl (C=S) groups is 1. The monoisotopic (exact) mass is 280 g/mol. The van der Waals surface area contributed by atoms with Gasteiger partial charge >= 0.3 is 0 Å². The number of hydrogen-bond acceptors (Lipinski definition) is 3. The van der Waals surface area contributed by atoms with E-state index in [1.54, 1.807) is 24.1 Å². The molecule has 0 bridgehead atoms. The van der Waals surface area contributed by atoms with E-state index >= 15 is 0 Å². The summed E-state index contributed by atoms with van der Waals surface area (Å²) in [6.07, 6.45) is 0. The van der Waals surface area contributed by atoms with Gasteiger partial charge in [-0.1, -0.05) is 31.3 Å². The van der Waals surface area contributed by atoms with Crippen LogP contribution >= 0.6 is 12.2 Å². The van der Waals surface area contributed by atoms with Crippen LogP contribution in [0.25, 0.3) is 0 Å². The number of hydrogen-bond donors (Lipinski definition) is 1. The topological polar surface area (TPSA) is 55.6 Å². The van der Waals surface area contributed by atoms with Crippen LogP contribution in [0.3, 0.4) is 0 Å². The maximum absolute atomic E-state index is 12.5. The first-order valence-corrected chi connectivity index (χ1v) is 6.63. The molecule has 0 saturated carbocycles. The zero-order chi connectivity index (χ0) is 14.4. The Balaban J connectivity index is 2.92. The van der Waals surface area contributed by atoms with Crippen molar-refractivity contribution >= 4 is 23.1 Å². The summed E-state index contributed by atoms with van der Waals surface area (Å²) < 4.78 is 5.22. The first kappa shape index (κ1) is 15.4. The lowest BCUT2D eigenvalue weighted by Gasteiger charge is -2.24. The third-order valence-electron chi connectivity index (χ3n) is 2.99. The minimum Gasteiger partial charge on any atom is -0.496 e. The summed E-state index contributed by atoms with van der Waals surface area (Å²) in [6, 6.07) is 7.19. The van der Waals surface area contributed by atoms with Crippen LogP contribution < -0.4 is 10.5 Å². The highest BCUT2D eigenvalue weighted by Crippen LogP contribution is 2.19. The van der Waals surface area contributed by atoms with Gasteiger partial charge in [0.15, 0.2) is 0 Å². The van der Waals surface area contributed by atoms with Crippen LogP contribution in [-0.2, 0) is 0 Å². The Hall–Kier alpha value is -1.62. The largest absolute Gasteiger partial charge is 0.496 e. The third kappa shape index (κ3) is 3.92. The third-order valence-corrected chi connectivity index (χ3v) is 3.39. The van der Waals surface area contributed by atoms with Gasteiger partial charge in [0.25, 0.3) is 5.91 Å². The van der Waals surface area contributed by atoms with E-state index in [-0.39, 0.29) is 11.8 Å². The molecule has 1 aromatic rings. The number of ether oxygens (including phenoxy) is 1. The van der Waals surface area contributed by atoms with Gasteiger partial charge in [0, 0.05) is 19.0 Å². The van der Waals surface area contributed by atoms with Gasteiger partial charge in [-0.15, -0.1) is 0 Å². The van der Waals surface area contributed by atoms with Crippen molar-refractivity contribution in [1.29, 1.82) is 0 Å². The fraction of sp³-hybridized carbons (Fsp3) is 0.429. The molecule has 0 aromatic heterocycles. The summed E-state index contributed by atoms with van der Waals surface area (Å²) >= 11 is 4.95. The van der Waals surface area contributed by atoms with Crippen molar-refractivity contribution in [2.75, 3.05) is 20.2 Å². The molecule has 0 heterocycles. The van der Waals surface area contributed by atoms with Crippen molar-refractivity contribution in [3.8, 4) is 5.75 Å². The summed E-state index contributed by atoms with van der Waals surface area (Å²) in [5, 5.41) is 0. The highest BCUT2D eigenvalue weighted by Gasteiger charge is 2.20. The molecule has 0 spiro atoms. The fourth-order valence-electron chi connectivity index (χ4n) is 1.77. The zero-order valence-corrected chi connectivity index (χ0v) is 12.4. The summed E-state index contributed by atoms with van der Waals surface area (Å²) in [5.41, 5.74) is 6.16. The van der Waals surface area contributed by atoms with E-state index in [4.69, 9.17) is 22.7 Å². The van der Waals surface area contributed by atoms with Crippen molar-refractivity contribution in [2.24, 2.45) is 11.7 Å². The van der Waals surface area contributed by atoms with Gasteiger partial charge in [0.05, 0.1) is 17.7 Å². The molecule has 104 valence electrons. The van der Waals surface area contributed by atoms with E-state index in [1.165, 1.54) is 0 Å². The molecule has 2 N–H and O–H groups in total. The number of nitrogens with two attached hydrogens (primary N) is 1. The summed E-state index contributed by atoms with van der Waals surface area (Å²) in [7, 11) is 1.56. The first-order valence-electron chi connectivity index (χ1n) is 6.22. The van der Waals surface area contributed by atoms with Crippen LogP contribution in [0.5, 0.6) is 5.75 Å². The smallest absolute Gasteiger partial charge is 0.257 e. The Kier molecular flexibility index (Phi) is 5.76. The van der Waals surface area contributed by atoms with Crippen molar-refractivity contribution in [2.45, 2.75) is 13.8 Å². The Morgan fingerprint density at radius 3 is 2.63 bits per heavy atom. The zero-order valence-electron chi connectivity index (χ0n) is 11.6. The standard InChI is InChI=1S/C14H20N2O2S/c1-4-16(9-10(2)13(15)19)14(17)11-7-5-6-8-12(11)18-3/h5-8,10H,4,9H2,1-3H3,(H2,15,19). The van der Waals surface area contributed by atoms with Gasteiger partial charge in [0.2, 0.25) is 0 Å². The molecule has 1 amide bonds. The highest BCUT2D eigenvalue weighted by molar-refractivity contribution is 7.80. The first-order chi connectivity index (χ1) is 9.01. The van der Waals surface area contributed by atoms with E-state index in [1.807, 2.05) is 26.0 Å². The number of rotatable bonds is 6. The molecule has 0 fully saturated rings. The predicted molar refractivity (Wildman–Crippen MR) is 80.5 cm³/mol. The van der Waals surface area contributed by atoms with Crippen LogP contribution in [0.15, 0.2) is 24.3 Å². The van der Waals surface area contributed by atoms with Crippen LogP contribution in [0.1, 0.15) is 24.2 Å². The molecule has 0 aliphatic rings. The highest BCUT2D eigenvalue weighted by atomic mass is 32.1. The minimum absolute atomic E-state index is 0.00592. The minimum atomic E-state index is -0.0666. The van der Waals surface area contributed by atoms with E-state index in [9.17, 15) is 4.79 Å². The quantitative estimate of drug-likeness (QED) is 0.811. The second kappa shape index (κ2) is 7.09. The molecule has 0 aliphatic heterocycles. The lowest BCUT2D eigenvalue weighted by atomic mass is 10.1. The molecule has 1 unspecified atom stereocenters. The van der Waals surface area contributed by atoms with Gasteiger partial charge in [0.1, 0.15) is 5.75 Å². The molecule has 19 heavy (non-hydrogen) atoms. The number of carbonyl (C=O) groups is 1. The van der Waals surface area contributed by atoms with E-state index in [0.717, 1.165) is 0 Å². The van der Waals surface area contributed by atoms with Crippen molar-refractivity contribution in [3.63, 3.8) is 0 Å². The van der Waals surface area contributed by atoms with Crippen molar-refractivity contribution in [3.05, 3.63) is 29.8 Å². The van der Waals surface area contributed by atoms with Gasteiger partial charge in [-0.05, 0) is 19.1 Å². The molecule has 0 radical (unpaired) electrons. The number of methoxy groups -OCH3 is 1. The molecule has 0 saturated heterocycles. The second-order valence-electron chi connectivity index (χ2n) is 4.35. The SMILES string of the molecule is CCN(CC(C)C(N)=S)C(=O)c1ccccc1OC. The average Bonchev–Trinajstić information content (AvgIpc) is 2.43. The maximum atomic E-state index is 12.5. The normalized spacial score (nSPS) is 11.7. The fourth-order valence-corrected chi connectivity index (χ4v) is 1.84. The average molecular weight is 280 g/mol. The van der Waals surface area contributed by atoms with Crippen LogP contribution in [-0.4, -0.2) is 36.0 Å². The Morgan fingerprint density at radius 2 is 2.11 bits per heavy atom. The molecule has 5 heteroatoms. The van der Waals surface area contributed by atoms with E-state index in [0.29, 0.717) is 29.4 Å². The van der Waals surface area contributed by atoms with E-state index < -0.39 is 0 Å². The van der Waals surface area contributed by atoms with Gasteiger partial charge in [-0.3, -0.25) is 4.79 Å². The predicted octanol–water partition coefficient (Wildman–Crippen LogP) is 2.08. The molecule has 1 rings (SSSR count). The Morgan fingerprint density at radius 1 is 1.47 bits per heavy atom. The summed E-state index contributed by atoms with van der Waals surface area (Å²) in [5.74, 6) is 0.505. The lowest BCUT2D eigenvalue weighted by molar-refractivity contribution is 0.0751. The number of amides is 1. The van der Waals surface area contributed by atoms with Gasteiger partial charge in [-0.2, -0.15) is 0 Å². The molecular weight excluding hydrogens is 260 g/mol. The van der Waals surface area contributed by atoms with Crippen LogP contribution in [0.2, 0.25) is 0 Å². The van der Waals surface area contributed by atoms with Crippen LogP contribution in [0, 0.1) is 5.92 Å². The number of nitrogens with zero attached hydrogens (tertiary/aromatic N) is 1. The lowest BCUT2D eigenvalue weighted by Crippen LogP contribution is -2.38. The van der Waals surface area contributed by atoms with Crippen LogP contribution in [0.4, 0.5) is 0 Å². The summed E-state index contributed by atoms with van der Waals surface area (Å²) in [6.45, 7) is 4.96. The molecular formula is C14H20N2O2S. The maximum Gasteiger partial charge on any atom is 0.257 e. The number of benzene rings is 1. The van der Waals surface area contributed by atoms with Gasteiger partial charge < -0.3 is 15.4 Å².